The molecule has 2 aromatic rings. The van der Waals surface area contributed by atoms with Crippen molar-refractivity contribution in [2.24, 2.45) is 4.99 Å². The van der Waals surface area contributed by atoms with Crippen molar-refractivity contribution in [3.63, 3.8) is 0 Å². The molecule has 0 saturated heterocycles. The van der Waals surface area contributed by atoms with Crippen molar-refractivity contribution in [2.75, 3.05) is 33.9 Å². The summed E-state index contributed by atoms with van der Waals surface area (Å²) >= 11 is 1.96. The van der Waals surface area contributed by atoms with Crippen LogP contribution >= 0.6 is 11.8 Å². The maximum Gasteiger partial charge on any atom is 0.213 e. The quantitative estimate of drug-likeness (QED) is 0.363. The zero-order chi connectivity index (χ0) is 19.7. The molecule has 0 atom stereocenters. The number of nitrogens with zero attached hydrogens (tertiary/aromatic N) is 2. The summed E-state index contributed by atoms with van der Waals surface area (Å²) in [5, 5.41) is 6.82. The number of rotatable bonds is 10. The molecule has 1 fully saturated rings. The Bertz CT molecular complexity index is 749. The monoisotopic (exact) mass is 400 g/mol. The number of hydrogen-bond acceptors (Lipinski definition) is 5. The summed E-state index contributed by atoms with van der Waals surface area (Å²) in [7, 11) is 3.45. The van der Waals surface area contributed by atoms with Crippen molar-refractivity contribution < 1.29 is 9.47 Å². The average molecular weight is 401 g/mol. The van der Waals surface area contributed by atoms with E-state index in [1.165, 1.54) is 17.7 Å². The average Bonchev–Trinajstić information content (AvgIpc) is 3.49. The Morgan fingerprint density at radius 1 is 1.14 bits per heavy atom. The lowest BCUT2D eigenvalue weighted by Gasteiger charge is -2.18. The summed E-state index contributed by atoms with van der Waals surface area (Å²) < 4.78 is 10.7. The molecule has 1 aromatic carbocycles. The van der Waals surface area contributed by atoms with Crippen LogP contribution in [0, 0.1) is 0 Å². The molecular formula is C21H28N4O2S. The minimum atomic E-state index is 0.279. The number of guanidine groups is 1. The maximum atomic E-state index is 5.49. The van der Waals surface area contributed by atoms with Crippen molar-refractivity contribution in [1.82, 2.24) is 15.6 Å². The van der Waals surface area contributed by atoms with Crippen molar-refractivity contribution >= 4 is 17.7 Å². The van der Waals surface area contributed by atoms with Crippen LogP contribution in [0.4, 0.5) is 0 Å². The molecule has 0 unspecified atom stereocenters. The van der Waals surface area contributed by atoms with Crippen LogP contribution in [0.15, 0.2) is 58.5 Å². The smallest absolute Gasteiger partial charge is 0.213 e. The largest absolute Gasteiger partial charge is 0.475 e. The van der Waals surface area contributed by atoms with Crippen molar-refractivity contribution in [2.45, 2.75) is 29.0 Å². The third-order valence-electron chi connectivity index (χ3n) is 4.48. The molecule has 1 heterocycles. The van der Waals surface area contributed by atoms with E-state index in [0.717, 1.165) is 18.1 Å². The fourth-order valence-corrected chi connectivity index (χ4v) is 3.92. The zero-order valence-corrected chi connectivity index (χ0v) is 17.3. The van der Waals surface area contributed by atoms with Gasteiger partial charge >= 0.3 is 0 Å². The van der Waals surface area contributed by atoms with Gasteiger partial charge in [-0.05, 0) is 30.5 Å². The lowest BCUT2D eigenvalue weighted by molar-refractivity contribution is 0.143. The van der Waals surface area contributed by atoms with Gasteiger partial charge in [0.05, 0.1) is 6.61 Å². The summed E-state index contributed by atoms with van der Waals surface area (Å²) in [6.45, 7) is 2.61. The lowest BCUT2D eigenvalue weighted by atomic mass is 10.3. The fourth-order valence-electron chi connectivity index (χ4n) is 2.67. The second kappa shape index (κ2) is 10.3. The number of thioether (sulfide) groups is 1. The summed E-state index contributed by atoms with van der Waals surface area (Å²) in [5.41, 5.74) is 1.07. The molecule has 1 aromatic heterocycles. The number of ether oxygens (including phenoxy) is 2. The molecule has 0 bridgehead atoms. The first-order chi connectivity index (χ1) is 13.7. The van der Waals surface area contributed by atoms with Gasteiger partial charge in [0.2, 0.25) is 5.88 Å². The summed E-state index contributed by atoms with van der Waals surface area (Å²) in [6, 6.07) is 14.5. The fraction of sp³-hybridized carbons (Fsp3) is 0.429. The molecule has 6 nitrogen and oxygen atoms in total. The zero-order valence-electron chi connectivity index (χ0n) is 16.5. The minimum absolute atomic E-state index is 0.279. The van der Waals surface area contributed by atoms with E-state index in [4.69, 9.17) is 9.47 Å². The molecule has 0 amide bonds. The van der Waals surface area contributed by atoms with Crippen LogP contribution in [0.1, 0.15) is 18.4 Å². The van der Waals surface area contributed by atoms with Crippen LogP contribution in [0.5, 0.6) is 5.88 Å². The van der Waals surface area contributed by atoms with Gasteiger partial charge < -0.3 is 20.1 Å². The molecule has 150 valence electrons. The van der Waals surface area contributed by atoms with Crippen LogP contribution in [0.2, 0.25) is 0 Å². The van der Waals surface area contributed by atoms with Crippen LogP contribution < -0.4 is 15.4 Å². The van der Waals surface area contributed by atoms with E-state index in [2.05, 4.69) is 50.9 Å². The molecule has 1 saturated carbocycles. The Labute approximate surface area is 171 Å². The summed E-state index contributed by atoms with van der Waals surface area (Å²) in [4.78, 5) is 9.97. The maximum absolute atomic E-state index is 5.49. The normalized spacial score (nSPS) is 15.1. The van der Waals surface area contributed by atoms with Crippen molar-refractivity contribution in [3.8, 4) is 5.88 Å². The van der Waals surface area contributed by atoms with E-state index in [0.29, 0.717) is 25.6 Å². The Kier molecular flexibility index (Phi) is 7.56. The summed E-state index contributed by atoms with van der Waals surface area (Å²) in [5.74, 6) is 1.41. The first-order valence-corrected chi connectivity index (χ1v) is 10.3. The molecule has 1 aliphatic carbocycles. The van der Waals surface area contributed by atoms with Gasteiger partial charge in [0.1, 0.15) is 6.61 Å². The molecule has 2 N–H and O–H groups in total. The van der Waals surface area contributed by atoms with Gasteiger partial charge in [-0.3, -0.25) is 4.99 Å². The Morgan fingerprint density at radius 3 is 2.61 bits per heavy atom. The van der Waals surface area contributed by atoms with Crippen LogP contribution in [-0.2, 0) is 11.3 Å². The molecular weight excluding hydrogens is 372 g/mol. The van der Waals surface area contributed by atoms with Crippen molar-refractivity contribution in [1.29, 1.82) is 0 Å². The molecule has 3 rings (SSSR count). The number of aromatic nitrogens is 1. The van der Waals surface area contributed by atoms with E-state index >= 15 is 0 Å². The number of methoxy groups -OCH3 is 1. The van der Waals surface area contributed by atoms with Crippen LogP contribution in [0.25, 0.3) is 0 Å². The Balaban J connectivity index is 1.42. The SMILES string of the molecule is CN=C(NCc1ccc(OCCOC)nc1)NCC1(Sc2ccccc2)CC1. The third kappa shape index (κ3) is 6.42. The highest BCUT2D eigenvalue weighted by molar-refractivity contribution is 8.01. The lowest BCUT2D eigenvalue weighted by Crippen LogP contribution is -2.40. The molecule has 28 heavy (non-hydrogen) atoms. The topological polar surface area (TPSA) is 67.8 Å². The number of aliphatic imine (C=N–C) groups is 1. The van der Waals surface area contributed by atoms with Crippen LogP contribution in [-0.4, -0.2) is 49.6 Å². The third-order valence-corrected chi connectivity index (χ3v) is 5.98. The van der Waals surface area contributed by atoms with Gasteiger partial charge in [-0.25, -0.2) is 4.98 Å². The highest BCUT2D eigenvalue weighted by Gasteiger charge is 2.43. The molecule has 0 aliphatic heterocycles. The van der Waals surface area contributed by atoms with E-state index in [-0.39, 0.29) is 4.75 Å². The van der Waals surface area contributed by atoms with Crippen LogP contribution in [0.3, 0.4) is 0 Å². The number of pyridine rings is 1. The number of hydrogen-bond donors (Lipinski definition) is 2. The van der Waals surface area contributed by atoms with Gasteiger partial charge in [0, 0.05) is 49.2 Å². The van der Waals surface area contributed by atoms with Crippen molar-refractivity contribution in [3.05, 3.63) is 54.2 Å². The predicted octanol–water partition coefficient (Wildman–Crippen LogP) is 3.10. The number of benzene rings is 1. The minimum Gasteiger partial charge on any atom is -0.475 e. The standard InChI is InChI=1S/C21H28N4O2S/c1-22-20(24-15-17-8-9-19(23-14-17)27-13-12-26-2)25-16-21(10-11-21)28-18-6-4-3-5-7-18/h3-9,14H,10-13,15-16H2,1-2H3,(H2,22,24,25). The van der Waals surface area contributed by atoms with Gasteiger partial charge in [-0.15, -0.1) is 11.8 Å². The Hall–Kier alpha value is -2.25. The van der Waals surface area contributed by atoms with Gasteiger partial charge in [0.15, 0.2) is 5.96 Å². The first kappa shape index (κ1) is 20.5. The number of nitrogens with one attached hydrogen (secondary N) is 2. The highest BCUT2D eigenvalue weighted by Crippen LogP contribution is 2.51. The van der Waals surface area contributed by atoms with E-state index in [1.54, 1.807) is 14.2 Å². The molecule has 0 spiro atoms. The van der Waals surface area contributed by atoms with Gasteiger partial charge in [-0.1, -0.05) is 24.3 Å². The molecule has 0 radical (unpaired) electrons. The molecule has 1 aliphatic rings. The second-order valence-corrected chi connectivity index (χ2v) is 8.26. The van der Waals surface area contributed by atoms with E-state index in [9.17, 15) is 0 Å². The van der Waals surface area contributed by atoms with Gasteiger partial charge in [-0.2, -0.15) is 0 Å². The van der Waals surface area contributed by atoms with Gasteiger partial charge in [0.25, 0.3) is 0 Å². The first-order valence-electron chi connectivity index (χ1n) is 9.48. The van der Waals surface area contributed by atoms with E-state index in [1.807, 2.05) is 30.1 Å². The van der Waals surface area contributed by atoms with E-state index < -0.39 is 0 Å². The predicted molar refractivity (Wildman–Crippen MR) is 114 cm³/mol. The summed E-state index contributed by atoms with van der Waals surface area (Å²) in [6.07, 6.45) is 4.27. The Morgan fingerprint density at radius 2 is 1.96 bits per heavy atom. The molecule has 7 heteroatoms. The second-order valence-electron chi connectivity index (χ2n) is 6.72. The highest BCUT2D eigenvalue weighted by atomic mass is 32.2.